The SMILES string of the molecule is Oc1ccc(C(O)CN2C[C@@H]3C[C@@](O)(Cc4ccccc4)C[C@@H]3C2)cn1. The number of aromatic hydroxyl groups is 1. The highest BCUT2D eigenvalue weighted by molar-refractivity contribution is 5.20. The number of aliphatic hydroxyl groups excluding tert-OH is 1. The minimum Gasteiger partial charge on any atom is -0.493 e. The van der Waals surface area contributed by atoms with Crippen molar-refractivity contribution in [2.45, 2.75) is 31.0 Å². The van der Waals surface area contributed by atoms with Crippen molar-refractivity contribution < 1.29 is 15.3 Å². The van der Waals surface area contributed by atoms with Crippen molar-refractivity contribution >= 4 is 0 Å². The van der Waals surface area contributed by atoms with E-state index in [9.17, 15) is 15.3 Å². The van der Waals surface area contributed by atoms with Crippen molar-refractivity contribution in [1.29, 1.82) is 0 Å². The van der Waals surface area contributed by atoms with Gasteiger partial charge >= 0.3 is 0 Å². The number of nitrogens with zero attached hydrogens (tertiary/aromatic N) is 2. The largest absolute Gasteiger partial charge is 0.493 e. The smallest absolute Gasteiger partial charge is 0.210 e. The first-order valence-electron chi connectivity index (χ1n) is 9.32. The fourth-order valence-electron chi connectivity index (χ4n) is 4.77. The van der Waals surface area contributed by atoms with E-state index in [2.05, 4.69) is 22.0 Å². The van der Waals surface area contributed by atoms with Crippen molar-refractivity contribution in [2.75, 3.05) is 19.6 Å². The molecule has 5 nitrogen and oxygen atoms in total. The van der Waals surface area contributed by atoms with Gasteiger partial charge in [0.15, 0.2) is 0 Å². The Labute approximate surface area is 153 Å². The maximum absolute atomic E-state index is 11.0. The van der Waals surface area contributed by atoms with E-state index in [0.29, 0.717) is 18.4 Å². The van der Waals surface area contributed by atoms with Gasteiger partial charge < -0.3 is 15.3 Å². The van der Waals surface area contributed by atoms with Gasteiger partial charge in [0, 0.05) is 43.9 Å². The van der Waals surface area contributed by atoms with Crippen LogP contribution < -0.4 is 0 Å². The first-order valence-corrected chi connectivity index (χ1v) is 9.32. The molecule has 2 fully saturated rings. The van der Waals surface area contributed by atoms with Gasteiger partial charge in [-0.25, -0.2) is 4.98 Å². The third-order valence-corrected chi connectivity index (χ3v) is 5.90. The van der Waals surface area contributed by atoms with Crippen LogP contribution in [0.2, 0.25) is 0 Å². The molecule has 0 bridgehead atoms. The average Bonchev–Trinajstić information content (AvgIpc) is 3.10. The van der Waals surface area contributed by atoms with Crippen molar-refractivity contribution in [3.8, 4) is 5.88 Å². The minimum absolute atomic E-state index is 0.0330. The van der Waals surface area contributed by atoms with Gasteiger partial charge in [0.05, 0.1) is 11.7 Å². The summed E-state index contributed by atoms with van der Waals surface area (Å²) in [5, 5.41) is 30.7. The lowest BCUT2D eigenvalue weighted by molar-refractivity contribution is 0.0328. The Morgan fingerprint density at radius 2 is 1.77 bits per heavy atom. The van der Waals surface area contributed by atoms with Crippen LogP contribution in [0.15, 0.2) is 48.7 Å². The second-order valence-corrected chi connectivity index (χ2v) is 8.00. The molecule has 138 valence electrons. The van der Waals surface area contributed by atoms with E-state index >= 15 is 0 Å². The first kappa shape index (κ1) is 17.5. The molecule has 3 N–H and O–H groups in total. The normalized spacial score (nSPS) is 29.6. The van der Waals surface area contributed by atoms with Crippen LogP contribution in [0.3, 0.4) is 0 Å². The number of aliphatic hydroxyl groups is 2. The Morgan fingerprint density at radius 1 is 1.08 bits per heavy atom. The first-order chi connectivity index (χ1) is 12.5. The van der Waals surface area contributed by atoms with Gasteiger partial charge in [-0.05, 0) is 36.3 Å². The number of hydrogen-bond donors (Lipinski definition) is 3. The quantitative estimate of drug-likeness (QED) is 0.767. The summed E-state index contributed by atoms with van der Waals surface area (Å²) in [5.74, 6) is 0.956. The summed E-state index contributed by atoms with van der Waals surface area (Å²) in [7, 11) is 0. The van der Waals surface area contributed by atoms with Gasteiger partial charge in [0.25, 0.3) is 0 Å². The van der Waals surface area contributed by atoms with Crippen LogP contribution in [0.4, 0.5) is 0 Å². The molecule has 0 radical (unpaired) electrons. The monoisotopic (exact) mass is 354 g/mol. The maximum atomic E-state index is 11.0. The molecule has 4 rings (SSSR count). The maximum Gasteiger partial charge on any atom is 0.210 e. The molecule has 5 heteroatoms. The second-order valence-electron chi connectivity index (χ2n) is 8.00. The number of β-amino-alcohol motifs (C(OH)–C–C–N with tert-alkyl or cyclic N) is 1. The molecule has 0 amide bonds. The molecule has 26 heavy (non-hydrogen) atoms. The molecule has 1 saturated carbocycles. The van der Waals surface area contributed by atoms with Crippen LogP contribution in [0.1, 0.15) is 30.1 Å². The van der Waals surface area contributed by atoms with E-state index < -0.39 is 11.7 Å². The predicted octanol–water partition coefficient (Wildman–Crippen LogP) is 2.14. The van der Waals surface area contributed by atoms with E-state index in [1.165, 1.54) is 17.8 Å². The van der Waals surface area contributed by atoms with Crippen molar-refractivity contribution in [3.05, 3.63) is 59.8 Å². The van der Waals surface area contributed by atoms with Gasteiger partial charge in [-0.2, -0.15) is 0 Å². The van der Waals surface area contributed by atoms with E-state index in [4.69, 9.17) is 0 Å². The fraction of sp³-hybridized carbons (Fsp3) is 0.476. The number of likely N-dealkylation sites (tertiary alicyclic amines) is 1. The summed E-state index contributed by atoms with van der Waals surface area (Å²) in [6.07, 6.45) is 3.31. The lowest BCUT2D eigenvalue weighted by Crippen LogP contribution is -2.33. The highest BCUT2D eigenvalue weighted by Crippen LogP contribution is 2.45. The molecule has 2 heterocycles. The molecule has 2 aliphatic rings. The van der Waals surface area contributed by atoms with Crippen molar-refractivity contribution in [2.24, 2.45) is 11.8 Å². The zero-order valence-electron chi connectivity index (χ0n) is 14.8. The summed E-state index contributed by atoms with van der Waals surface area (Å²) >= 11 is 0. The summed E-state index contributed by atoms with van der Waals surface area (Å²) in [4.78, 5) is 6.12. The second kappa shape index (κ2) is 6.99. The van der Waals surface area contributed by atoms with Crippen molar-refractivity contribution in [1.82, 2.24) is 9.88 Å². The third-order valence-electron chi connectivity index (χ3n) is 5.90. The van der Waals surface area contributed by atoms with E-state index in [-0.39, 0.29) is 5.88 Å². The summed E-state index contributed by atoms with van der Waals surface area (Å²) in [5.41, 5.74) is 1.32. The number of benzene rings is 1. The Balaban J connectivity index is 1.32. The lowest BCUT2D eigenvalue weighted by atomic mass is 9.91. The standard InChI is InChI=1S/C21H26N2O3/c24-19(16-6-7-20(25)22-11-16)14-23-12-17-9-21(26,10-18(17)13-23)8-15-4-2-1-3-5-15/h1-7,11,17-19,24,26H,8-10,12-14H2,(H,22,25)/t17-,18+,19?,21-. The van der Waals surface area contributed by atoms with Gasteiger partial charge in [0.1, 0.15) is 0 Å². The molecule has 1 saturated heterocycles. The molecule has 0 spiro atoms. The minimum atomic E-state index is -0.606. The molecular weight excluding hydrogens is 328 g/mol. The Hall–Kier alpha value is -1.95. The van der Waals surface area contributed by atoms with Crippen LogP contribution >= 0.6 is 0 Å². The number of rotatable bonds is 5. The van der Waals surface area contributed by atoms with Crippen LogP contribution in [0.5, 0.6) is 5.88 Å². The summed E-state index contributed by atoms with van der Waals surface area (Å²) < 4.78 is 0. The lowest BCUT2D eigenvalue weighted by Gasteiger charge is -2.27. The predicted molar refractivity (Wildman–Crippen MR) is 98.6 cm³/mol. The fourth-order valence-corrected chi connectivity index (χ4v) is 4.77. The topological polar surface area (TPSA) is 76.8 Å². The zero-order chi connectivity index (χ0) is 18.1. The molecule has 1 unspecified atom stereocenters. The number of fused-ring (bicyclic) bond motifs is 1. The molecule has 2 aromatic rings. The number of hydrogen-bond acceptors (Lipinski definition) is 5. The van der Waals surface area contributed by atoms with Crippen LogP contribution in [0, 0.1) is 11.8 Å². The molecular formula is C21H26N2O3. The van der Waals surface area contributed by atoms with Gasteiger partial charge in [-0.1, -0.05) is 30.3 Å². The van der Waals surface area contributed by atoms with Crippen molar-refractivity contribution in [3.63, 3.8) is 0 Å². The van der Waals surface area contributed by atoms with E-state index in [1.54, 1.807) is 6.07 Å². The summed E-state index contributed by atoms with van der Waals surface area (Å²) in [6.45, 7) is 2.41. The molecule has 1 aliphatic heterocycles. The van der Waals surface area contributed by atoms with E-state index in [1.807, 2.05) is 18.2 Å². The van der Waals surface area contributed by atoms with Gasteiger partial charge in [0.2, 0.25) is 5.88 Å². The number of pyridine rings is 1. The Bertz CT molecular complexity index is 721. The average molecular weight is 354 g/mol. The zero-order valence-corrected chi connectivity index (χ0v) is 14.8. The highest BCUT2D eigenvalue weighted by Gasteiger charge is 2.48. The molecule has 1 aromatic heterocycles. The third kappa shape index (κ3) is 3.75. The number of aromatic nitrogens is 1. The Morgan fingerprint density at radius 3 is 2.38 bits per heavy atom. The van der Waals surface area contributed by atoms with Crippen LogP contribution in [0.25, 0.3) is 0 Å². The molecule has 1 aliphatic carbocycles. The van der Waals surface area contributed by atoms with Crippen LogP contribution in [-0.4, -0.2) is 50.4 Å². The molecule has 4 atom stereocenters. The van der Waals surface area contributed by atoms with Crippen LogP contribution in [-0.2, 0) is 6.42 Å². The van der Waals surface area contributed by atoms with Gasteiger partial charge in [-0.3, -0.25) is 4.90 Å². The summed E-state index contributed by atoms with van der Waals surface area (Å²) in [6, 6.07) is 13.4. The van der Waals surface area contributed by atoms with E-state index in [0.717, 1.165) is 37.9 Å². The molecule has 1 aromatic carbocycles. The van der Waals surface area contributed by atoms with Gasteiger partial charge in [-0.15, -0.1) is 0 Å². The Kier molecular flexibility index (Phi) is 4.69. The highest BCUT2D eigenvalue weighted by atomic mass is 16.3.